The Kier molecular flexibility index (Phi) is 8.46. The standard InChI is InChI=1S/C18H28O3.C2H6/c1-12-6-5-7-13(2)16(10-12)18(19)15-9-8-14(20-3)11-17(15)21-4;1-2/h8-9,11-13,16,18-19H,5-7,10H2,1-4H3;1-2H3. The van der Waals surface area contributed by atoms with Crippen LogP contribution in [0.25, 0.3) is 0 Å². The highest BCUT2D eigenvalue weighted by Crippen LogP contribution is 2.42. The maximum Gasteiger partial charge on any atom is 0.128 e. The SMILES string of the molecule is CC.COc1ccc(C(O)C2CC(C)CCCC2C)c(OC)c1. The molecule has 1 N–H and O–H groups in total. The van der Waals surface area contributed by atoms with Crippen molar-refractivity contribution in [2.45, 2.75) is 59.5 Å². The van der Waals surface area contributed by atoms with E-state index >= 15 is 0 Å². The molecule has 0 aliphatic heterocycles. The first-order valence-corrected chi connectivity index (χ1v) is 8.96. The molecule has 132 valence electrons. The van der Waals surface area contributed by atoms with E-state index in [1.807, 2.05) is 32.0 Å². The van der Waals surface area contributed by atoms with E-state index in [4.69, 9.17) is 9.47 Å². The van der Waals surface area contributed by atoms with Gasteiger partial charge < -0.3 is 14.6 Å². The van der Waals surface area contributed by atoms with Gasteiger partial charge in [0.2, 0.25) is 0 Å². The smallest absolute Gasteiger partial charge is 0.128 e. The molecular weight excluding hydrogens is 288 g/mol. The van der Waals surface area contributed by atoms with E-state index in [1.54, 1.807) is 14.2 Å². The van der Waals surface area contributed by atoms with Crippen LogP contribution in [0.4, 0.5) is 0 Å². The van der Waals surface area contributed by atoms with Crippen molar-refractivity contribution in [1.82, 2.24) is 0 Å². The summed E-state index contributed by atoms with van der Waals surface area (Å²) in [5.41, 5.74) is 0.879. The number of hydrogen-bond acceptors (Lipinski definition) is 3. The summed E-state index contributed by atoms with van der Waals surface area (Å²) in [4.78, 5) is 0. The lowest BCUT2D eigenvalue weighted by atomic mass is 9.80. The third-order valence-electron chi connectivity index (χ3n) is 4.93. The fraction of sp³-hybridized carbons (Fsp3) is 0.700. The van der Waals surface area contributed by atoms with Crippen molar-refractivity contribution in [2.75, 3.05) is 14.2 Å². The summed E-state index contributed by atoms with van der Waals surface area (Å²) in [6, 6.07) is 5.68. The normalized spacial score (nSPS) is 25.6. The van der Waals surface area contributed by atoms with E-state index < -0.39 is 6.10 Å². The zero-order valence-corrected chi connectivity index (χ0v) is 15.6. The molecule has 1 aliphatic rings. The van der Waals surface area contributed by atoms with Crippen molar-refractivity contribution in [3.05, 3.63) is 23.8 Å². The summed E-state index contributed by atoms with van der Waals surface area (Å²) in [6.07, 6.45) is 4.35. The number of aliphatic hydroxyl groups excluding tert-OH is 1. The summed E-state index contributed by atoms with van der Waals surface area (Å²) in [7, 11) is 3.28. The number of benzene rings is 1. The molecule has 0 heterocycles. The molecule has 23 heavy (non-hydrogen) atoms. The predicted octanol–water partition coefficient (Wildman–Crippen LogP) is 5.23. The summed E-state index contributed by atoms with van der Waals surface area (Å²) in [5, 5.41) is 10.9. The van der Waals surface area contributed by atoms with Crippen LogP contribution < -0.4 is 9.47 Å². The Balaban J connectivity index is 0.00000127. The monoisotopic (exact) mass is 322 g/mol. The first-order chi connectivity index (χ1) is 11.1. The van der Waals surface area contributed by atoms with Crippen LogP contribution in [-0.2, 0) is 0 Å². The molecule has 0 aromatic heterocycles. The van der Waals surface area contributed by atoms with Gasteiger partial charge in [-0.1, -0.05) is 47.0 Å². The van der Waals surface area contributed by atoms with Gasteiger partial charge in [0.25, 0.3) is 0 Å². The van der Waals surface area contributed by atoms with Crippen LogP contribution in [0.2, 0.25) is 0 Å². The highest BCUT2D eigenvalue weighted by molar-refractivity contribution is 5.42. The van der Waals surface area contributed by atoms with Gasteiger partial charge in [0.05, 0.1) is 20.3 Å². The van der Waals surface area contributed by atoms with Gasteiger partial charge in [-0.05, 0) is 36.3 Å². The quantitative estimate of drug-likeness (QED) is 0.772. The molecule has 3 heteroatoms. The number of methoxy groups -OCH3 is 2. The van der Waals surface area contributed by atoms with Gasteiger partial charge in [0, 0.05) is 11.6 Å². The number of rotatable bonds is 4. The van der Waals surface area contributed by atoms with Crippen molar-refractivity contribution in [2.24, 2.45) is 17.8 Å². The lowest BCUT2D eigenvalue weighted by Gasteiger charge is -2.29. The second kappa shape index (κ2) is 9.82. The van der Waals surface area contributed by atoms with E-state index in [0.29, 0.717) is 23.5 Å². The minimum absolute atomic E-state index is 0.296. The maximum atomic E-state index is 10.9. The molecule has 1 saturated carbocycles. The molecule has 3 nitrogen and oxygen atoms in total. The van der Waals surface area contributed by atoms with Gasteiger partial charge in [-0.2, -0.15) is 0 Å². The van der Waals surface area contributed by atoms with E-state index in [9.17, 15) is 5.11 Å². The summed E-state index contributed by atoms with van der Waals surface area (Å²) in [6.45, 7) is 8.56. The summed E-state index contributed by atoms with van der Waals surface area (Å²) >= 11 is 0. The predicted molar refractivity (Wildman–Crippen MR) is 96.1 cm³/mol. The van der Waals surface area contributed by atoms with Crippen LogP contribution in [-0.4, -0.2) is 19.3 Å². The van der Waals surface area contributed by atoms with Gasteiger partial charge in [-0.25, -0.2) is 0 Å². The van der Waals surface area contributed by atoms with Gasteiger partial charge in [0.15, 0.2) is 0 Å². The van der Waals surface area contributed by atoms with Crippen LogP contribution in [0.1, 0.15) is 65.0 Å². The number of aliphatic hydroxyl groups is 1. The molecule has 4 unspecified atom stereocenters. The average Bonchev–Trinajstić information content (AvgIpc) is 2.76. The van der Waals surface area contributed by atoms with Crippen molar-refractivity contribution >= 4 is 0 Å². The topological polar surface area (TPSA) is 38.7 Å². The van der Waals surface area contributed by atoms with Crippen molar-refractivity contribution < 1.29 is 14.6 Å². The molecule has 1 aromatic rings. The highest BCUT2D eigenvalue weighted by atomic mass is 16.5. The van der Waals surface area contributed by atoms with Crippen LogP contribution in [0.3, 0.4) is 0 Å². The molecule has 4 atom stereocenters. The minimum Gasteiger partial charge on any atom is -0.497 e. The van der Waals surface area contributed by atoms with Crippen LogP contribution >= 0.6 is 0 Å². The lowest BCUT2D eigenvalue weighted by molar-refractivity contribution is 0.0638. The van der Waals surface area contributed by atoms with Crippen molar-refractivity contribution in [3.8, 4) is 11.5 Å². The highest BCUT2D eigenvalue weighted by Gasteiger charge is 2.31. The Bertz CT molecular complexity index is 458. The molecular formula is C20H34O3. The molecule has 0 radical (unpaired) electrons. The zero-order chi connectivity index (χ0) is 17.4. The summed E-state index contributed by atoms with van der Waals surface area (Å²) < 4.78 is 10.7. The second-order valence-electron chi connectivity index (χ2n) is 6.47. The van der Waals surface area contributed by atoms with E-state index in [2.05, 4.69) is 13.8 Å². The molecule has 1 aliphatic carbocycles. The fourth-order valence-corrected chi connectivity index (χ4v) is 3.55. The number of hydrogen-bond donors (Lipinski definition) is 1. The Morgan fingerprint density at radius 2 is 1.78 bits per heavy atom. The summed E-state index contributed by atoms with van der Waals surface area (Å²) in [5.74, 6) is 2.98. The van der Waals surface area contributed by atoms with E-state index in [-0.39, 0.29) is 0 Å². The second-order valence-corrected chi connectivity index (χ2v) is 6.47. The van der Waals surface area contributed by atoms with Crippen molar-refractivity contribution in [3.63, 3.8) is 0 Å². The molecule has 1 aromatic carbocycles. The molecule has 0 bridgehead atoms. The van der Waals surface area contributed by atoms with Gasteiger partial charge in [0.1, 0.15) is 11.5 Å². The van der Waals surface area contributed by atoms with Gasteiger partial charge in [-0.3, -0.25) is 0 Å². The minimum atomic E-state index is -0.471. The van der Waals surface area contributed by atoms with E-state index in [1.165, 1.54) is 19.3 Å². The molecule has 0 spiro atoms. The Morgan fingerprint density at radius 3 is 2.39 bits per heavy atom. The first kappa shape index (κ1) is 19.8. The number of ether oxygens (including phenoxy) is 2. The largest absolute Gasteiger partial charge is 0.497 e. The van der Waals surface area contributed by atoms with Crippen molar-refractivity contribution in [1.29, 1.82) is 0 Å². The first-order valence-electron chi connectivity index (χ1n) is 8.96. The molecule has 0 saturated heterocycles. The van der Waals surface area contributed by atoms with Crippen LogP contribution in [0.5, 0.6) is 11.5 Å². The Labute approximate surface area is 142 Å². The average molecular weight is 322 g/mol. The fourth-order valence-electron chi connectivity index (χ4n) is 3.55. The third kappa shape index (κ3) is 5.13. The van der Waals surface area contributed by atoms with Gasteiger partial charge >= 0.3 is 0 Å². The third-order valence-corrected chi connectivity index (χ3v) is 4.93. The van der Waals surface area contributed by atoms with Crippen LogP contribution in [0.15, 0.2) is 18.2 Å². The Morgan fingerprint density at radius 1 is 1.09 bits per heavy atom. The Hall–Kier alpha value is -1.22. The molecule has 2 rings (SSSR count). The lowest BCUT2D eigenvalue weighted by Crippen LogP contribution is -2.21. The zero-order valence-electron chi connectivity index (χ0n) is 15.6. The maximum absolute atomic E-state index is 10.9. The van der Waals surface area contributed by atoms with Crippen LogP contribution in [0, 0.1) is 17.8 Å². The van der Waals surface area contributed by atoms with E-state index in [0.717, 1.165) is 17.7 Å². The molecule has 1 fully saturated rings. The van der Waals surface area contributed by atoms with Gasteiger partial charge in [-0.15, -0.1) is 0 Å². The molecule has 0 amide bonds.